The average molecular weight is 268 g/mol. The summed E-state index contributed by atoms with van der Waals surface area (Å²) in [6, 6.07) is 4.39. The van der Waals surface area contributed by atoms with E-state index in [4.69, 9.17) is 9.79 Å². The fourth-order valence-electron chi connectivity index (χ4n) is 0.766. The van der Waals surface area contributed by atoms with Crippen LogP contribution in [-0.4, -0.2) is 60.8 Å². The van der Waals surface area contributed by atoms with Gasteiger partial charge in [0.25, 0.3) is 5.69 Å². The second-order valence-electron chi connectivity index (χ2n) is 2.33. The smallest absolute Gasteiger partial charge is 0.404 e. The molecule has 16 heavy (non-hydrogen) atoms. The van der Waals surface area contributed by atoms with E-state index in [9.17, 15) is 14.7 Å². The third kappa shape index (κ3) is 6.63. The first kappa shape index (κ1) is 18.5. The average Bonchev–Trinajstić information content (AvgIpc) is 2.02. The molecule has 0 amide bonds. The summed E-state index contributed by atoms with van der Waals surface area (Å²) >= 11 is 0. The van der Waals surface area contributed by atoms with Crippen LogP contribution in [0.3, 0.4) is 0 Å². The molecule has 0 fully saturated rings. The van der Waals surface area contributed by atoms with Gasteiger partial charge in [0.05, 0.1) is 4.92 Å². The van der Waals surface area contributed by atoms with Crippen molar-refractivity contribution in [1.82, 2.24) is 0 Å². The van der Waals surface area contributed by atoms with Gasteiger partial charge in [-0.25, -0.2) is 4.57 Å². The quantitative estimate of drug-likeness (QED) is 0.353. The van der Waals surface area contributed by atoms with E-state index in [0.717, 1.165) is 24.3 Å². The molecule has 0 aliphatic heterocycles. The van der Waals surface area contributed by atoms with Crippen molar-refractivity contribution in [3.8, 4) is 5.75 Å². The second kappa shape index (κ2) is 7.43. The molecular formula is C6H6Mg2NO6P. The molecule has 0 unspecified atom stereocenters. The van der Waals surface area contributed by atoms with Crippen molar-refractivity contribution in [2.24, 2.45) is 0 Å². The zero-order valence-corrected chi connectivity index (χ0v) is 11.9. The van der Waals surface area contributed by atoms with Crippen LogP contribution < -0.4 is 4.52 Å². The minimum absolute atomic E-state index is 0. The lowest BCUT2D eigenvalue weighted by molar-refractivity contribution is -0.384. The lowest BCUT2D eigenvalue weighted by Crippen LogP contribution is -1.91. The second-order valence-corrected chi connectivity index (χ2v) is 3.50. The van der Waals surface area contributed by atoms with Gasteiger partial charge < -0.3 is 4.52 Å². The Balaban J connectivity index is 0. The van der Waals surface area contributed by atoms with Gasteiger partial charge in [0.2, 0.25) is 0 Å². The van der Waals surface area contributed by atoms with E-state index in [1.807, 2.05) is 0 Å². The largest absolute Gasteiger partial charge is 0.524 e. The van der Waals surface area contributed by atoms with Gasteiger partial charge in [0.1, 0.15) is 5.75 Å². The number of hydrogen-bond acceptors (Lipinski definition) is 4. The normalized spacial score (nSPS) is 9.62. The van der Waals surface area contributed by atoms with Gasteiger partial charge in [-0.2, -0.15) is 0 Å². The topological polar surface area (TPSA) is 110 Å². The molecule has 0 bridgehead atoms. The number of benzene rings is 1. The van der Waals surface area contributed by atoms with Crippen LogP contribution in [0.1, 0.15) is 0 Å². The van der Waals surface area contributed by atoms with Crippen LogP contribution in [0.4, 0.5) is 5.69 Å². The van der Waals surface area contributed by atoms with E-state index < -0.39 is 12.7 Å². The third-order valence-electron chi connectivity index (χ3n) is 1.27. The summed E-state index contributed by atoms with van der Waals surface area (Å²) in [4.78, 5) is 26.4. The minimum Gasteiger partial charge on any atom is -0.404 e. The van der Waals surface area contributed by atoms with Crippen LogP contribution in [0, 0.1) is 10.1 Å². The molecule has 0 spiro atoms. The number of nitro groups is 1. The maximum atomic E-state index is 10.4. The number of rotatable bonds is 3. The van der Waals surface area contributed by atoms with Crippen LogP contribution in [0.25, 0.3) is 0 Å². The van der Waals surface area contributed by atoms with Crippen molar-refractivity contribution in [1.29, 1.82) is 0 Å². The van der Waals surface area contributed by atoms with Crippen molar-refractivity contribution >= 4 is 59.6 Å². The Labute approximate surface area is 123 Å². The first-order valence-corrected chi connectivity index (χ1v) is 4.91. The highest BCUT2D eigenvalue weighted by molar-refractivity contribution is 7.46. The fraction of sp³-hybridized carbons (Fsp3) is 0. The lowest BCUT2D eigenvalue weighted by Gasteiger charge is -2.05. The van der Waals surface area contributed by atoms with E-state index in [1.165, 1.54) is 0 Å². The molecule has 1 aromatic rings. The molecule has 7 nitrogen and oxygen atoms in total. The summed E-state index contributed by atoms with van der Waals surface area (Å²) in [6.45, 7) is 0. The number of phosphoric ester groups is 1. The van der Waals surface area contributed by atoms with Crippen molar-refractivity contribution in [2.75, 3.05) is 0 Å². The third-order valence-corrected chi connectivity index (χ3v) is 1.72. The summed E-state index contributed by atoms with van der Waals surface area (Å²) in [5, 5.41) is 10.2. The summed E-state index contributed by atoms with van der Waals surface area (Å²) in [7, 11) is -4.60. The molecule has 0 atom stereocenters. The Morgan fingerprint density at radius 2 is 1.62 bits per heavy atom. The molecule has 0 saturated carbocycles. The molecule has 1 aromatic carbocycles. The molecule has 1 rings (SSSR count). The van der Waals surface area contributed by atoms with Crippen LogP contribution in [0.5, 0.6) is 5.75 Å². The monoisotopic (exact) mass is 267 g/mol. The molecule has 4 radical (unpaired) electrons. The zero-order valence-electron chi connectivity index (χ0n) is 8.15. The number of nitrogens with zero attached hydrogens (tertiary/aromatic N) is 1. The standard InChI is InChI=1S/C6H6NO6P.2Mg/c8-7(9)5-1-3-6(4-2-5)13-14(10,11)12;;/h1-4H,(H2,10,11,12);;. The van der Waals surface area contributed by atoms with Gasteiger partial charge in [-0.05, 0) is 12.1 Å². The van der Waals surface area contributed by atoms with Gasteiger partial charge in [-0.15, -0.1) is 0 Å². The highest BCUT2D eigenvalue weighted by atomic mass is 31.2. The lowest BCUT2D eigenvalue weighted by atomic mass is 10.3. The van der Waals surface area contributed by atoms with E-state index in [-0.39, 0.29) is 57.5 Å². The first-order valence-electron chi connectivity index (χ1n) is 3.38. The molecule has 0 saturated heterocycles. The summed E-state index contributed by atoms with van der Waals surface area (Å²) in [6.07, 6.45) is 0. The fourth-order valence-corrected chi connectivity index (χ4v) is 1.16. The Kier molecular flexibility index (Phi) is 8.58. The molecule has 0 heterocycles. The van der Waals surface area contributed by atoms with Gasteiger partial charge in [0.15, 0.2) is 0 Å². The Morgan fingerprint density at radius 1 is 1.19 bits per heavy atom. The van der Waals surface area contributed by atoms with Crippen molar-refractivity contribution in [3.63, 3.8) is 0 Å². The predicted octanol–water partition coefficient (Wildman–Crippen LogP) is 0.305. The number of nitro benzene ring substituents is 1. The van der Waals surface area contributed by atoms with Crippen LogP contribution in [-0.2, 0) is 4.57 Å². The highest BCUT2D eigenvalue weighted by Gasteiger charge is 2.16. The van der Waals surface area contributed by atoms with Gasteiger partial charge in [-0.3, -0.25) is 19.9 Å². The molecule has 0 aliphatic rings. The van der Waals surface area contributed by atoms with E-state index >= 15 is 0 Å². The van der Waals surface area contributed by atoms with Crippen molar-refractivity contribution < 1.29 is 23.8 Å². The molecule has 10 heteroatoms. The summed E-state index contributed by atoms with van der Waals surface area (Å²) in [5.41, 5.74) is -0.178. The Bertz CT molecular complexity index is 391. The summed E-state index contributed by atoms with van der Waals surface area (Å²) in [5.74, 6) is -0.121. The van der Waals surface area contributed by atoms with Gasteiger partial charge >= 0.3 is 7.82 Å². The Hall–Kier alpha value is 0.102. The predicted molar refractivity (Wildman–Crippen MR) is 57.3 cm³/mol. The molecule has 80 valence electrons. The molecular weight excluding hydrogens is 262 g/mol. The maximum Gasteiger partial charge on any atom is 0.524 e. The van der Waals surface area contributed by atoms with E-state index in [1.54, 1.807) is 0 Å². The minimum atomic E-state index is -4.60. The Morgan fingerprint density at radius 3 is 1.94 bits per heavy atom. The van der Waals surface area contributed by atoms with E-state index in [2.05, 4.69) is 4.52 Å². The molecule has 0 aromatic heterocycles. The number of phosphoric acid groups is 1. The van der Waals surface area contributed by atoms with Crippen molar-refractivity contribution in [2.45, 2.75) is 0 Å². The highest BCUT2D eigenvalue weighted by Crippen LogP contribution is 2.37. The molecule has 2 N–H and O–H groups in total. The van der Waals surface area contributed by atoms with Crippen LogP contribution >= 0.6 is 7.82 Å². The van der Waals surface area contributed by atoms with Crippen LogP contribution in [0.15, 0.2) is 24.3 Å². The SMILES string of the molecule is O=[N+]([O-])c1ccc(OP(=O)(O)O)cc1.[Mg].[Mg]. The zero-order chi connectivity index (χ0) is 10.8. The van der Waals surface area contributed by atoms with Gasteiger partial charge in [0, 0.05) is 58.2 Å². The van der Waals surface area contributed by atoms with Gasteiger partial charge in [-0.1, -0.05) is 0 Å². The molecule has 0 aliphatic carbocycles. The first-order chi connectivity index (χ1) is 6.38. The number of hydrogen-bond donors (Lipinski definition) is 2. The number of non-ortho nitro benzene ring substituents is 1. The summed E-state index contributed by atoms with van der Waals surface area (Å²) < 4.78 is 14.5. The van der Waals surface area contributed by atoms with Crippen molar-refractivity contribution in [3.05, 3.63) is 34.4 Å². The maximum absolute atomic E-state index is 10.4. The van der Waals surface area contributed by atoms with E-state index in [0.29, 0.717) is 0 Å². The van der Waals surface area contributed by atoms with Crippen LogP contribution in [0.2, 0.25) is 0 Å².